The van der Waals surface area contributed by atoms with Gasteiger partial charge in [-0.2, -0.15) is 0 Å². The molecule has 0 nitrogen and oxygen atoms in total. The Kier molecular flexibility index (Phi) is 6.30. The molecule has 0 heterocycles. The summed E-state index contributed by atoms with van der Waals surface area (Å²) in [6.45, 7) is 9.50. The molecule has 7 aromatic carbocycles. The predicted octanol–water partition coefficient (Wildman–Crippen LogP) is 13.0. The number of rotatable bonds is 4. The molecule has 0 unspecified atom stereocenters. The molecule has 0 heteroatoms. The van der Waals surface area contributed by atoms with Gasteiger partial charge in [0.05, 0.1) is 0 Å². The number of fused-ring (bicyclic) bond motifs is 6. The fourth-order valence-corrected chi connectivity index (χ4v) is 8.45. The largest absolute Gasteiger partial charge is 0.0622 e. The van der Waals surface area contributed by atoms with Gasteiger partial charge in [0.25, 0.3) is 0 Å². The summed E-state index contributed by atoms with van der Waals surface area (Å²) in [5.41, 5.74) is 21.0. The monoisotopic (exact) mass is 614 g/mol. The Morgan fingerprint density at radius 1 is 0.250 bits per heavy atom. The van der Waals surface area contributed by atoms with Crippen molar-refractivity contribution in [2.75, 3.05) is 0 Å². The zero-order valence-corrected chi connectivity index (χ0v) is 28.0. The molecule has 0 atom stereocenters. The first kappa shape index (κ1) is 28.7. The molecule has 0 bridgehead atoms. The Bertz CT molecular complexity index is 2390. The zero-order valence-electron chi connectivity index (χ0n) is 28.0. The smallest absolute Gasteiger partial charge is 0.0159 e. The van der Waals surface area contributed by atoms with Crippen LogP contribution in [0.15, 0.2) is 158 Å². The third-order valence-corrected chi connectivity index (χ3v) is 11.1. The second kappa shape index (κ2) is 10.5. The number of hydrogen-bond acceptors (Lipinski definition) is 0. The Balaban J connectivity index is 1.08. The number of benzene rings is 7. The van der Waals surface area contributed by atoms with Gasteiger partial charge in [0.2, 0.25) is 0 Å². The van der Waals surface area contributed by atoms with Crippen LogP contribution in [-0.4, -0.2) is 0 Å². The van der Waals surface area contributed by atoms with Crippen molar-refractivity contribution in [3.63, 3.8) is 0 Å². The third-order valence-electron chi connectivity index (χ3n) is 11.1. The van der Waals surface area contributed by atoms with Crippen LogP contribution in [0, 0.1) is 0 Å². The minimum Gasteiger partial charge on any atom is -0.0622 e. The summed E-state index contributed by atoms with van der Waals surface area (Å²) in [7, 11) is 0. The number of hydrogen-bond donors (Lipinski definition) is 0. The van der Waals surface area contributed by atoms with Crippen LogP contribution >= 0.6 is 0 Å². The fraction of sp³-hybridized carbons (Fsp3) is 0.125. The Labute approximate surface area is 284 Å². The van der Waals surface area contributed by atoms with Crippen LogP contribution in [0.5, 0.6) is 0 Å². The van der Waals surface area contributed by atoms with Gasteiger partial charge >= 0.3 is 0 Å². The molecule has 48 heavy (non-hydrogen) atoms. The van der Waals surface area contributed by atoms with Gasteiger partial charge in [0.15, 0.2) is 0 Å². The van der Waals surface area contributed by atoms with E-state index in [9.17, 15) is 0 Å². The van der Waals surface area contributed by atoms with E-state index in [1.807, 2.05) is 0 Å². The van der Waals surface area contributed by atoms with Gasteiger partial charge in [0, 0.05) is 10.8 Å². The van der Waals surface area contributed by atoms with Crippen molar-refractivity contribution in [3.8, 4) is 66.8 Å². The summed E-state index contributed by atoms with van der Waals surface area (Å²) in [5.74, 6) is 0. The van der Waals surface area contributed by atoms with E-state index >= 15 is 0 Å². The molecule has 0 spiro atoms. The van der Waals surface area contributed by atoms with Crippen molar-refractivity contribution < 1.29 is 0 Å². The van der Waals surface area contributed by atoms with Gasteiger partial charge in [-0.3, -0.25) is 0 Å². The zero-order chi connectivity index (χ0) is 32.6. The molecular weight excluding hydrogens is 577 g/mol. The van der Waals surface area contributed by atoms with Gasteiger partial charge in [-0.15, -0.1) is 0 Å². The highest BCUT2D eigenvalue weighted by molar-refractivity contribution is 5.89. The lowest BCUT2D eigenvalue weighted by atomic mass is 9.80. The van der Waals surface area contributed by atoms with E-state index < -0.39 is 0 Å². The quantitative estimate of drug-likeness (QED) is 0.185. The second-order valence-electron chi connectivity index (χ2n) is 14.6. The third kappa shape index (κ3) is 4.29. The van der Waals surface area contributed by atoms with Gasteiger partial charge in [-0.1, -0.05) is 161 Å². The molecule has 2 aliphatic rings. The van der Waals surface area contributed by atoms with E-state index in [0.29, 0.717) is 0 Å². The molecule has 0 aromatic heterocycles. The fourth-order valence-electron chi connectivity index (χ4n) is 8.45. The van der Waals surface area contributed by atoms with Crippen LogP contribution in [-0.2, 0) is 10.8 Å². The highest BCUT2D eigenvalue weighted by Gasteiger charge is 2.37. The molecule has 7 aromatic rings. The molecule has 230 valence electrons. The lowest BCUT2D eigenvalue weighted by Gasteiger charge is -2.23. The van der Waals surface area contributed by atoms with E-state index in [1.54, 1.807) is 0 Å². The summed E-state index contributed by atoms with van der Waals surface area (Å²) in [5, 5.41) is 0. The van der Waals surface area contributed by atoms with Crippen molar-refractivity contribution in [2.45, 2.75) is 38.5 Å². The van der Waals surface area contributed by atoms with Gasteiger partial charge in [-0.05, 0) is 113 Å². The highest BCUT2D eigenvalue weighted by Crippen LogP contribution is 2.52. The van der Waals surface area contributed by atoms with E-state index in [-0.39, 0.29) is 10.8 Å². The summed E-state index contributed by atoms with van der Waals surface area (Å²) in [6, 6.07) is 58.6. The average Bonchev–Trinajstić information content (AvgIpc) is 3.50. The minimum absolute atomic E-state index is 0.00843. The topological polar surface area (TPSA) is 0 Å². The van der Waals surface area contributed by atoms with E-state index in [4.69, 9.17) is 0 Å². The maximum Gasteiger partial charge on any atom is 0.0159 e. The average molecular weight is 615 g/mol. The summed E-state index contributed by atoms with van der Waals surface area (Å²) >= 11 is 0. The molecule has 0 N–H and O–H groups in total. The Morgan fingerprint density at radius 3 is 1.19 bits per heavy atom. The predicted molar refractivity (Wildman–Crippen MR) is 203 cm³/mol. The minimum atomic E-state index is -0.111. The molecule has 0 aliphatic heterocycles. The van der Waals surface area contributed by atoms with Crippen molar-refractivity contribution in [1.29, 1.82) is 0 Å². The van der Waals surface area contributed by atoms with Crippen molar-refractivity contribution in [2.24, 2.45) is 0 Å². The standard InChI is InChI=1S/C48H38/c1-47(2)43-20-11-10-19-39(43)40-24-22-34(29-44(40)47)35-23-26-42-41-25-21-33(28-45(41)48(3,4)46(42)30-35)32-15-12-16-36(27-32)38-18-9-8-17-37(38)31-13-6-5-7-14-31/h5-30H,1-4H3. The van der Waals surface area contributed by atoms with Crippen LogP contribution in [0.2, 0.25) is 0 Å². The van der Waals surface area contributed by atoms with Gasteiger partial charge in [-0.25, -0.2) is 0 Å². The van der Waals surface area contributed by atoms with E-state index in [0.717, 1.165) is 0 Å². The second-order valence-corrected chi connectivity index (χ2v) is 14.6. The summed E-state index contributed by atoms with van der Waals surface area (Å²) in [4.78, 5) is 0. The molecule has 0 saturated carbocycles. The van der Waals surface area contributed by atoms with Gasteiger partial charge < -0.3 is 0 Å². The molecule has 2 aliphatic carbocycles. The van der Waals surface area contributed by atoms with Crippen molar-refractivity contribution in [1.82, 2.24) is 0 Å². The molecular formula is C48H38. The highest BCUT2D eigenvalue weighted by atomic mass is 14.4. The molecule has 0 fully saturated rings. The van der Waals surface area contributed by atoms with Crippen LogP contribution in [0.1, 0.15) is 49.9 Å². The Hall–Kier alpha value is -5.46. The summed E-state index contributed by atoms with van der Waals surface area (Å²) in [6.07, 6.45) is 0. The lowest BCUT2D eigenvalue weighted by molar-refractivity contribution is 0.659. The van der Waals surface area contributed by atoms with Gasteiger partial charge in [0.1, 0.15) is 0 Å². The molecule has 0 amide bonds. The van der Waals surface area contributed by atoms with Crippen LogP contribution in [0.25, 0.3) is 66.8 Å². The van der Waals surface area contributed by atoms with Crippen LogP contribution in [0.3, 0.4) is 0 Å². The maximum absolute atomic E-state index is 2.45. The molecule has 0 saturated heterocycles. The van der Waals surface area contributed by atoms with Crippen LogP contribution in [0.4, 0.5) is 0 Å². The van der Waals surface area contributed by atoms with E-state index in [1.165, 1.54) is 89.0 Å². The van der Waals surface area contributed by atoms with Crippen molar-refractivity contribution >= 4 is 0 Å². The Morgan fingerprint density at radius 2 is 0.625 bits per heavy atom. The van der Waals surface area contributed by atoms with Crippen LogP contribution < -0.4 is 0 Å². The first-order chi connectivity index (χ1) is 23.3. The SMILES string of the molecule is CC1(C)c2ccccc2-c2ccc(-c3ccc4c(c3)C(C)(C)c3cc(-c5cccc(-c6ccccc6-c6ccccc6)c5)ccc3-4)cc21. The lowest BCUT2D eigenvalue weighted by Crippen LogP contribution is -2.15. The summed E-state index contributed by atoms with van der Waals surface area (Å²) < 4.78 is 0. The molecule has 0 radical (unpaired) electrons. The maximum atomic E-state index is 2.45. The first-order valence-corrected chi connectivity index (χ1v) is 17.1. The van der Waals surface area contributed by atoms with Crippen molar-refractivity contribution in [3.05, 3.63) is 180 Å². The first-order valence-electron chi connectivity index (χ1n) is 17.1. The molecule has 9 rings (SSSR count). The normalized spacial score (nSPS) is 14.6. The van der Waals surface area contributed by atoms with E-state index in [2.05, 4.69) is 185 Å².